The number of hydrogen-bond acceptors (Lipinski definition) is 10. The van der Waals surface area contributed by atoms with E-state index >= 15 is 0 Å². The second-order valence-electron chi connectivity index (χ2n) is 20.5. The first-order valence-corrected chi connectivity index (χ1v) is 29.6. The number of benzene rings is 1. The lowest BCUT2D eigenvalue weighted by molar-refractivity contribution is -0.302. The molecular weight excluding hydrogens is 908 g/mol. The van der Waals surface area contributed by atoms with Crippen LogP contribution in [0, 0.1) is 0 Å². The Labute approximate surface area is 432 Å². The summed E-state index contributed by atoms with van der Waals surface area (Å²) >= 11 is 11.4. The van der Waals surface area contributed by atoms with Gasteiger partial charge in [-0.2, -0.15) is 0 Å². The highest BCUT2D eigenvalue weighted by atomic mass is 35.5. The third-order valence-electron chi connectivity index (χ3n) is 14.2. The molecule has 1 fully saturated rings. The Morgan fingerprint density at radius 2 is 1.01 bits per heavy atom. The van der Waals surface area contributed by atoms with Gasteiger partial charge in [-0.1, -0.05) is 256 Å². The Balaban J connectivity index is 1.68. The Hall–Kier alpha value is -1.12. The summed E-state index contributed by atoms with van der Waals surface area (Å²) < 4.78 is 17.6. The van der Waals surface area contributed by atoms with E-state index in [1.807, 2.05) is 0 Å². The zero-order valence-electron chi connectivity index (χ0n) is 44.0. The van der Waals surface area contributed by atoms with Crippen molar-refractivity contribution in [1.82, 2.24) is 5.32 Å². The van der Waals surface area contributed by atoms with Gasteiger partial charge in [0.05, 0.1) is 24.9 Å². The minimum atomic E-state index is -1.57. The minimum absolute atomic E-state index is 0.0152. The molecule has 7 N–H and O–H groups in total. The molecule has 0 aliphatic carbocycles. The lowest BCUT2D eigenvalue weighted by Gasteiger charge is -2.40. The third kappa shape index (κ3) is 33.3. The van der Waals surface area contributed by atoms with Gasteiger partial charge in [-0.3, -0.25) is 0 Å². The summed E-state index contributed by atoms with van der Waals surface area (Å²) in [6.07, 6.45) is 38.4. The van der Waals surface area contributed by atoms with Crippen LogP contribution in [-0.4, -0.2) is 99.4 Å². The standard InChI is InChI=1S/C57H105ClN2O8S/c1-3-5-7-9-11-13-15-17-18-19-20-21-22-23-24-25-26-27-28-30-32-34-36-38-43-59-49(52(62)50(61)42-37-35-33-31-29-16-14-12-10-8-6-4-2)45-66-56-55(65)54(64)53(63)51(68-56)46-67-57(69)60-48-41-39-40-47(58)44-48/h39-41,44,49-56,59,61-65H,3-38,42-43,45-46H2,1-2H3,(H,60,69)/t49-,50+,51+,52-,53-,54-,55+,56-/m0/s1. The van der Waals surface area contributed by atoms with E-state index in [4.69, 9.17) is 38.0 Å². The number of unbranched alkanes of at least 4 members (excludes halogenated alkanes) is 34. The van der Waals surface area contributed by atoms with Gasteiger partial charge in [-0.25, -0.2) is 0 Å². The van der Waals surface area contributed by atoms with Crippen molar-refractivity contribution in [2.75, 3.05) is 25.1 Å². The van der Waals surface area contributed by atoms with Crippen molar-refractivity contribution in [2.45, 2.75) is 300 Å². The Morgan fingerprint density at radius 1 is 0.594 bits per heavy atom. The van der Waals surface area contributed by atoms with Crippen LogP contribution in [0.1, 0.15) is 251 Å². The highest BCUT2D eigenvalue weighted by molar-refractivity contribution is 7.80. The van der Waals surface area contributed by atoms with Crippen LogP contribution in [0.15, 0.2) is 24.3 Å². The van der Waals surface area contributed by atoms with Crippen LogP contribution in [0.3, 0.4) is 0 Å². The van der Waals surface area contributed by atoms with Crippen molar-refractivity contribution in [3.05, 3.63) is 29.3 Å². The Kier molecular flexibility index (Phi) is 41.2. The highest BCUT2D eigenvalue weighted by Crippen LogP contribution is 2.25. The number of aliphatic hydroxyl groups excluding tert-OH is 5. The number of thiocarbonyl (C=S) groups is 1. The summed E-state index contributed by atoms with van der Waals surface area (Å²) in [5.41, 5.74) is 0.624. The second kappa shape index (κ2) is 44.4. The fraction of sp³-hybridized carbons (Fsp3) is 0.877. The van der Waals surface area contributed by atoms with Crippen molar-refractivity contribution in [2.24, 2.45) is 0 Å². The normalized spacial score (nSPS) is 19.7. The van der Waals surface area contributed by atoms with Gasteiger partial charge in [-0.05, 0) is 49.8 Å². The van der Waals surface area contributed by atoms with E-state index in [-0.39, 0.29) is 18.4 Å². The molecule has 1 aromatic rings. The predicted octanol–water partition coefficient (Wildman–Crippen LogP) is 14.0. The van der Waals surface area contributed by atoms with Gasteiger partial charge in [-0.15, -0.1) is 0 Å². The molecular formula is C57H105ClN2O8S. The number of aliphatic hydroxyl groups is 5. The molecule has 1 aromatic carbocycles. The molecule has 0 radical (unpaired) electrons. The SMILES string of the molecule is CCCCCCCCCCCCCCCCCCCCCCCCCCN[C@@H](CO[C@H]1O[C@H](COC(=S)Nc2cccc(Cl)c2)[C@H](O)[C@H](O)[C@H]1O)[C@H](O)[C@H](O)CCCCCCCCCCCCCC. The number of hydrogen-bond donors (Lipinski definition) is 7. The molecule has 404 valence electrons. The molecule has 69 heavy (non-hydrogen) atoms. The summed E-state index contributed by atoms with van der Waals surface area (Å²) in [7, 11) is 0. The average molecular weight is 1010 g/mol. The molecule has 0 saturated carbocycles. The monoisotopic (exact) mass is 1010 g/mol. The summed E-state index contributed by atoms with van der Waals surface area (Å²) in [6.45, 7) is 4.86. The van der Waals surface area contributed by atoms with Crippen LogP contribution in [0.2, 0.25) is 5.02 Å². The second-order valence-corrected chi connectivity index (χ2v) is 21.3. The smallest absolute Gasteiger partial charge is 0.261 e. The quantitative estimate of drug-likeness (QED) is 0.0247. The van der Waals surface area contributed by atoms with E-state index in [2.05, 4.69) is 24.5 Å². The zero-order valence-corrected chi connectivity index (χ0v) is 45.5. The van der Waals surface area contributed by atoms with Gasteiger partial charge in [0.2, 0.25) is 0 Å². The average Bonchev–Trinajstić information content (AvgIpc) is 3.34. The van der Waals surface area contributed by atoms with Crippen LogP contribution in [-0.2, 0) is 14.2 Å². The molecule has 1 aliphatic rings. The summed E-state index contributed by atoms with van der Waals surface area (Å²) in [5, 5.41) is 61.8. The van der Waals surface area contributed by atoms with Gasteiger partial charge in [0.15, 0.2) is 6.29 Å². The van der Waals surface area contributed by atoms with Crippen LogP contribution in [0.5, 0.6) is 0 Å². The van der Waals surface area contributed by atoms with E-state index in [1.54, 1.807) is 24.3 Å². The van der Waals surface area contributed by atoms with Crippen molar-refractivity contribution in [3.63, 3.8) is 0 Å². The summed E-state index contributed by atoms with van der Waals surface area (Å²) in [5.74, 6) is 0. The molecule has 0 spiro atoms. The first-order valence-electron chi connectivity index (χ1n) is 28.8. The van der Waals surface area contributed by atoms with E-state index in [1.165, 1.54) is 193 Å². The zero-order chi connectivity index (χ0) is 50.0. The van der Waals surface area contributed by atoms with E-state index in [9.17, 15) is 25.5 Å². The van der Waals surface area contributed by atoms with Gasteiger partial charge >= 0.3 is 0 Å². The number of rotatable bonds is 47. The third-order valence-corrected chi connectivity index (χ3v) is 14.6. The first kappa shape index (κ1) is 64.0. The lowest BCUT2D eigenvalue weighted by atomic mass is 9.98. The molecule has 1 saturated heterocycles. The van der Waals surface area contributed by atoms with Gasteiger partial charge < -0.3 is 50.4 Å². The molecule has 1 heterocycles. The molecule has 8 atom stereocenters. The Bertz CT molecular complexity index is 1320. The largest absolute Gasteiger partial charge is 0.468 e. The van der Waals surface area contributed by atoms with E-state index in [0.29, 0.717) is 23.7 Å². The van der Waals surface area contributed by atoms with E-state index < -0.39 is 49.0 Å². The number of nitrogens with one attached hydrogen (secondary N) is 2. The minimum Gasteiger partial charge on any atom is -0.468 e. The van der Waals surface area contributed by atoms with Crippen LogP contribution >= 0.6 is 23.8 Å². The molecule has 1 aliphatic heterocycles. The maximum absolute atomic E-state index is 11.4. The number of ether oxygens (including phenoxy) is 3. The fourth-order valence-corrected chi connectivity index (χ4v) is 9.93. The van der Waals surface area contributed by atoms with Crippen molar-refractivity contribution >= 4 is 34.7 Å². The van der Waals surface area contributed by atoms with Crippen molar-refractivity contribution < 1.29 is 39.7 Å². The van der Waals surface area contributed by atoms with Crippen LogP contribution in [0.25, 0.3) is 0 Å². The molecule has 12 heteroatoms. The molecule has 2 rings (SSSR count). The Morgan fingerprint density at radius 3 is 1.45 bits per heavy atom. The van der Waals surface area contributed by atoms with Gasteiger partial charge in [0, 0.05) is 10.7 Å². The summed E-state index contributed by atoms with van der Waals surface area (Å²) in [6, 6.07) is 6.32. The lowest BCUT2D eigenvalue weighted by Crippen LogP contribution is -2.60. The maximum Gasteiger partial charge on any atom is 0.261 e. The van der Waals surface area contributed by atoms with Crippen LogP contribution < -0.4 is 10.6 Å². The van der Waals surface area contributed by atoms with Gasteiger partial charge in [0.25, 0.3) is 5.17 Å². The molecule has 0 aromatic heterocycles. The molecule has 0 unspecified atom stereocenters. The highest BCUT2D eigenvalue weighted by Gasteiger charge is 2.45. The molecule has 10 nitrogen and oxygen atoms in total. The topological polar surface area (TPSA) is 153 Å². The number of anilines is 1. The summed E-state index contributed by atoms with van der Waals surface area (Å²) in [4.78, 5) is 0. The van der Waals surface area contributed by atoms with Gasteiger partial charge in [0.1, 0.15) is 31.0 Å². The molecule has 0 amide bonds. The molecule has 0 bridgehead atoms. The van der Waals surface area contributed by atoms with Crippen LogP contribution in [0.4, 0.5) is 5.69 Å². The first-order chi connectivity index (χ1) is 33.7. The van der Waals surface area contributed by atoms with Crippen molar-refractivity contribution in [1.29, 1.82) is 0 Å². The predicted molar refractivity (Wildman–Crippen MR) is 292 cm³/mol. The fourth-order valence-electron chi connectivity index (χ4n) is 9.55. The maximum atomic E-state index is 11.4. The van der Waals surface area contributed by atoms with E-state index in [0.717, 1.165) is 38.5 Å². The van der Waals surface area contributed by atoms with Crippen molar-refractivity contribution in [3.8, 4) is 0 Å². The number of halogens is 1.